The number of anilines is 1. The van der Waals surface area contributed by atoms with E-state index < -0.39 is 0 Å². The lowest BCUT2D eigenvalue weighted by molar-refractivity contribution is 0.102. The first-order valence-electron chi connectivity index (χ1n) is 8.98. The molecule has 0 atom stereocenters. The summed E-state index contributed by atoms with van der Waals surface area (Å²) in [5.74, 6) is 0.291. The van der Waals surface area contributed by atoms with Crippen LogP contribution in [0.25, 0.3) is 10.2 Å². The van der Waals surface area contributed by atoms with Gasteiger partial charge in [-0.25, -0.2) is 4.98 Å². The van der Waals surface area contributed by atoms with Crippen molar-refractivity contribution in [3.63, 3.8) is 0 Å². The lowest BCUT2D eigenvalue weighted by atomic mass is 10.2. The predicted molar refractivity (Wildman–Crippen MR) is 111 cm³/mol. The Labute approximate surface area is 166 Å². The standard InChI is InChI=1S/C20H23N3O4S/c1-5-27-9-8-23-11-21-19-16(20(23)25)13(3)17(28-19)18(24)22-14-10-12(2)6-7-15(14)26-4/h6-7,10-11H,5,8-9H2,1-4H3,(H,22,24). The van der Waals surface area contributed by atoms with Crippen molar-refractivity contribution >= 4 is 33.1 Å². The van der Waals surface area contributed by atoms with Gasteiger partial charge in [0.15, 0.2) is 0 Å². The van der Waals surface area contributed by atoms with Crippen molar-refractivity contribution in [3.8, 4) is 5.75 Å². The molecule has 2 aromatic heterocycles. The summed E-state index contributed by atoms with van der Waals surface area (Å²) in [4.78, 5) is 31.1. The molecule has 0 spiro atoms. The number of aromatic nitrogens is 2. The average molecular weight is 401 g/mol. The first kappa shape index (κ1) is 20.0. The lowest BCUT2D eigenvalue weighted by Gasteiger charge is -2.10. The molecule has 3 aromatic rings. The fourth-order valence-electron chi connectivity index (χ4n) is 2.94. The molecular formula is C20H23N3O4S. The minimum absolute atomic E-state index is 0.161. The van der Waals surface area contributed by atoms with Gasteiger partial charge in [-0.2, -0.15) is 0 Å². The van der Waals surface area contributed by atoms with E-state index in [9.17, 15) is 9.59 Å². The molecule has 0 fully saturated rings. The Morgan fingerprint density at radius 1 is 1.32 bits per heavy atom. The van der Waals surface area contributed by atoms with Crippen LogP contribution in [0.3, 0.4) is 0 Å². The summed E-state index contributed by atoms with van der Waals surface area (Å²) in [6, 6.07) is 5.56. The molecule has 0 unspecified atom stereocenters. The third-order valence-corrected chi connectivity index (χ3v) is 5.61. The number of fused-ring (bicyclic) bond motifs is 1. The molecule has 0 aliphatic carbocycles. The van der Waals surface area contributed by atoms with Crippen LogP contribution in [0.2, 0.25) is 0 Å². The van der Waals surface area contributed by atoms with Crippen molar-refractivity contribution < 1.29 is 14.3 Å². The summed E-state index contributed by atoms with van der Waals surface area (Å²) in [7, 11) is 1.56. The summed E-state index contributed by atoms with van der Waals surface area (Å²) in [6.07, 6.45) is 1.50. The summed E-state index contributed by atoms with van der Waals surface area (Å²) in [5.41, 5.74) is 2.06. The highest BCUT2D eigenvalue weighted by Gasteiger charge is 2.20. The van der Waals surface area contributed by atoms with E-state index in [2.05, 4.69) is 10.3 Å². The maximum Gasteiger partial charge on any atom is 0.266 e. The maximum atomic E-state index is 12.9. The fourth-order valence-corrected chi connectivity index (χ4v) is 3.98. The fraction of sp³-hybridized carbons (Fsp3) is 0.350. The summed E-state index contributed by atoms with van der Waals surface area (Å²) in [6.45, 7) is 7.07. The van der Waals surface area contributed by atoms with Gasteiger partial charge in [0.25, 0.3) is 11.5 Å². The van der Waals surface area contributed by atoms with Gasteiger partial charge < -0.3 is 14.8 Å². The number of hydrogen-bond donors (Lipinski definition) is 1. The summed E-state index contributed by atoms with van der Waals surface area (Å²) in [5, 5.41) is 3.36. The van der Waals surface area contributed by atoms with Crippen LogP contribution in [-0.2, 0) is 11.3 Å². The molecular weight excluding hydrogens is 378 g/mol. The number of rotatable bonds is 7. The van der Waals surface area contributed by atoms with Crippen LogP contribution >= 0.6 is 11.3 Å². The van der Waals surface area contributed by atoms with Crippen LogP contribution in [0.15, 0.2) is 29.3 Å². The van der Waals surface area contributed by atoms with Crippen molar-refractivity contribution in [1.29, 1.82) is 0 Å². The van der Waals surface area contributed by atoms with Gasteiger partial charge in [-0.05, 0) is 44.0 Å². The molecule has 0 radical (unpaired) electrons. The summed E-state index contributed by atoms with van der Waals surface area (Å²) >= 11 is 1.21. The second-order valence-electron chi connectivity index (χ2n) is 6.33. The smallest absolute Gasteiger partial charge is 0.266 e. The number of hydrogen-bond acceptors (Lipinski definition) is 6. The molecule has 1 N–H and O–H groups in total. The molecule has 148 valence electrons. The van der Waals surface area contributed by atoms with E-state index in [0.717, 1.165) is 5.56 Å². The Balaban J connectivity index is 1.94. The number of ether oxygens (including phenoxy) is 2. The van der Waals surface area contributed by atoms with Gasteiger partial charge in [-0.3, -0.25) is 14.2 Å². The predicted octanol–water partition coefficient (Wildman–Crippen LogP) is 3.37. The first-order chi connectivity index (χ1) is 13.5. The minimum atomic E-state index is -0.287. The number of methoxy groups -OCH3 is 1. The number of benzene rings is 1. The van der Waals surface area contributed by atoms with Crippen LogP contribution in [0.5, 0.6) is 5.75 Å². The van der Waals surface area contributed by atoms with Crippen LogP contribution in [0.4, 0.5) is 5.69 Å². The normalized spacial score (nSPS) is 11.0. The van der Waals surface area contributed by atoms with E-state index in [1.807, 2.05) is 26.0 Å². The van der Waals surface area contributed by atoms with Crippen LogP contribution in [0.1, 0.15) is 27.7 Å². The average Bonchev–Trinajstić information content (AvgIpc) is 3.01. The number of nitrogens with one attached hydrogen (secondary N) is 1. The third-order valence-electron chi connectivity index (χ3n) is 4.41. The van der Waals surface area contributed by atoms with E-state index in [1.54, 1.807) is 20.1 Å². The molecule has 0 bridgehead atoms. The van der Waals surface area contributed by atoms with Gasteiger partial charge in [0.2, 0.25) is 0 Å². The Morgan fingerprint density at radius 3 is 2.82 bits per heavy atom. The maximum absolute atomic E-state index is 12.9. The highest BCUT2D eigenvalue weighted by Crippen LogP contribution is 2.30. The van der Waals surface area contributed by atoms with Crippen molar-refractivity contribution in [2.24, 2.45) is 0 Å². The van der Waals surface area contributed by atoms with Crippen molar-refractivity contribution in [2.45, 2.75) is 27.3 Å². The highest BCUT2D eigenvalue weighted by molar-refractivity contribution is 7.20. The number of aryl methyl sites for hydroxylation is 2. The van der Waals surface area contributed by atoms with Gasteiger partial charge in [0.1, 0.15) is 10.6 Å². The van der Waals surface area contributed by atoms with Gasteiger partial charge in [-0.15, -0.1) is 11.3 Å². The number of thiophene rings is 1. The van der Waals surface area contributed by atoms with E-state index in [1.165, 1.54) is 22.2 Å². The topological polar surface area (TPSA) is 82.5 Å². The second-order valence-corrected chi connectivity index (χ2v) is 7.33. The second kappa shape index (κ2) is 8.53. The van der Waals surface area contributed by atoms with Crippen molar-refractivity contribution in [2.75, 3.05) is 25.6 Å². The Morgan fingerprint density at radius 2 is 2.11 bits per heavy atom. The molecule has 2 heterocycles. The molecule has 0 aliphatic rings. The molecule has 3 rings (SSSR count). The highest BCUT2D eigenvalue weighted by atomic mass is 32.1. The zero-order valence-electron chi connectivity index (χ0n) is 16.4. The number of carbonyl (C=O) groups excluding carboxylic acids is 1. The Hall–Kier alpha value is -2.71. The minimum Gasteiger partial charge on any atom is -0.495 e. The molecule has 28 heavy (non-hydrogen) atoms. The molecule has 8 heteroatoms. The third kappa shape index (κ3) is 3.93. The van der Waals surface area contributed by atoms with Crippen LogP contribution in [-0.4, -0.2) is 35.8 Å². The quantitative estimate of drug-likeness (QED) is 0.614. The van der Waals surface area contributed by atoms with Crippen molar-refractivity contribution in [1.82, 2.24) is 9.55 Å². The largest absolute Gasteiger partial charge is 0.495 e. The van der Waals surface area contributed by atoms with Gasteiger partial charge in [-0.1, -0.05) is 6.07 Å². The monoisotopic (exact) mass is 401 g/mol. The SMILES string of the molecule is CCOCCn1cnc2sc(C(=O)Nc3cc(C)ccc3OC)c(C)c2c1=O. The molecule has 0 aliphatic heterocycles. The molecule has 0 saturated heterocycles. The number of amides is 1. The van der Waals surface area contributed by atoms with E-state index in [4.69, 9.17) is 9.47 Å². The molecule has 1 amide bonds. The molecule has 0 saturated carbocycles. The first-order valence-corrected chi connectivity index (χ1v) is 9.80. The van der Waals surface area contributed by atoms with E-state index in [0.29, 0.717) is 51.9 Å². The zero-order chi connectivity index (χ0) is 20.3. The summed E-state index contributed by atoms with van der Waals surface area (Å²) < 4.78 is 12.2. The van der Waals surface area contributed by atoms with Crippen LogP contribution < -0.4 is 15.6 Å². The van der Waals surface area contributed by atoms with Crippen LogP contribution in [0, 0.1) is 13.8 Å². The van der Waals surface area contributed by atoms with E-state index in [-0.39, 0.29) is 11.5 Å². The molecule has 1 aromatic carbocycles. The van der Waals surface area contributed by atoms with E-state index >= 15 is 0 Å². The molecule has 7 nitrogen and oxygen atoms in total. The van der Waals surface area contributed by atoms with Crippen molar-refractivity contribution in [3.05, 3.63) is 50.9 Å². The Bertz CT molecular complexity index is 1070. The van der Waals surface area contributed by atoms with Gasteiger partial charge in [0, 0.05) is 6.61 Å². The number of carbonyl (C=O) groups is 1. The number of nitrogens with zero attached hydrogens (tertiary/aromatic N) is 2. The zero-order valence-corrected chi connectivity index (χ0v) is 17.2. The van der Waals surface area contributed by atoms with Gasteiger partial charge in [0.05, 0.1) is 42.5 Å². The Kier molecular flexibility index (Phi) is 6.11. The lowest BCUT2D eigenvalue weighted by Crippen LogP contribution is -2.23. The van der Waals surface area contributed by atoms with Gasteiger partial charge >= 0.3 is 0 Å².